The lowest BCUT2D eigenvalue weighted by atomic mass is 9.99. The van der Waals surface area contributed by atoms with Gasteiger partial charge in [-0.05, 0) is 24.5 Å². The van der Waals surface area contributed by atoms with Crippen LogP contribution in [0.2, 0.25) is 0 Å². The van der Waals surface area contributed by atoms with Gasteiger partial charge < -0.3 is 14.8 Å². The lowest BCUT2D eigenvalue weighted by Crippen LogP contribution is -2.57. The van der Waals surface area contributed by atoms with Crippen LogP contribution in [0.25, 0.3) is 11.3 Å². The van der Waals surface area contributed by atoms with E-state index in [0.717, 1.165) is 11.3 Å². The lowest BCUT2D eigenvalue weighted by molar-refractivity contribution is -0.128. The van der Waals surface area contributed by atoms with Crippen molar-refractivity contribution in [3.8, 4) is 11.3 Å². The molecule has 2 N–H and O–H groups in total. The molecule has 3 heterocycles. The molecule has 0 bridgehead atoms. The predicted octanol–water partition coefficient (Wildman–Crippen LogP) is 1.40. The van der Waals surface area contributed by atoms with Gasteiger partial charge in [-0.3, -0.25) is 14.7 Å². The third-order valence-corrected chi connectivity index (χ3v) is 4.22. The van der Waals surface area contributed by atoms with Gasteiger partial charge in [-0.1, -0.05) is 13.8 Å². The topological polar surface area (TPSA) is 83.0 Å². The van der Waals surface area contributed by atoms with Crippen molar-refractivity contribution in [3.63, 3.8) is 0 Å². The Bertz CT molecular complexity index is 746. The molecular weight excluding hydrogens is 306 g/mol. The van der Waals surface area contributed by atoms with E-state index < -0.39 is 6.04 Å². The molecule has 128 valence electrons. The molecule has 1 saturated heterocycles. The van der Waals surface area contributed by atoms with Gasteiger partial charge in [0.2, 0.25) is 5.91 Å². The summed E-state index contributed by atoms with van der Waals surface area (Å²) in [4.78, 5) is 26.7. The summed E-state index contributed by atoms with van der Waals surface area (Å²) in [5.41, 5.74) is 2.08. The normalized spacial score (nSPS) is 18.1. The molecule has 24 heavy (non-hydrogen) atoms. The third kappa shape index (κ3) is 3.20. The number of hydrogen-bond acceptors (Lipinski definition) is 3. The van der Waals surface area contributed by atoms with Gasteiger partial charge in [0.1, 0.15) is 11.7 Å². The largest absolute Gasteiger partial charge is 0.357 e. The summed E-state index contributed by atoms with van der Waals surface area (Å²) in [6.07, 6.45) is 4.52. The number of nitrogens with one attached hydrogen (secondary N) is 2. The highest BCUT2D eigenvalue weighted by Crippen LogP contribution is 2.21. The number of rotatable bonds is 4. The Kier molecular flexibility index (Phi) is 4.42. The van der Waals surface area contributed by atoms with E-state index in [-0.39, 0.29) is 11.8 Å². The first-order valence-electron chi connectivity index (χ1n) is 8.22. The van der Waals surface area contributed by atoms with Crippen LogP contribution in [0.1, 0.15) is 30.8 Å². The quantitative estimate of drug-likeness (QED) is 0.889. The van der Waals surface area contributed by atoms with E-state index in [1.54, 1.807) is 11.0 Å². The van der Waals surface area contributed by atoms with Gasteiger partial charge in [-0.15, -0.1) is 0 Å². The highest BCUT2D eigenvalue weighted by atomic mass is 16.2. The predicted molar refractivity (Wildman–Crippen MR) is 90.3 cm³/mol. The van der Waals surface area contributed by atoms with E-state index in [1.165, 1.54) is 0 Å². The molecule has 0 spiro atoms. The van der Waals surface area contributed by atoms with E-state index in [4.69, 9.17) is 0 Å². The molecule has 0 radical (unpaired) electrons. The second-order valence-electron chi connectivity index (χ2n) is 6.67. The van der Waals surface area contributed by atoms with Gasteiger partial charge in [0.15, 0.2) is 0 Å². The zero-order valence-electron chi connectivity index (χ0n) is 14.2. The smallest absolute Gasteiger partial charge is 0.272 e. The summed E-state index contributed by atoms with van der Waals surface area (Å²) in [6, 6.07) is 3.27. The summed E-state index contributed by atoms with van der Waals surface area (Å²) < 4.78 is 1.93. The standard InChI is InChI=1S/C17H23N5O2/c1-11(2)8-15-16(23)18-5-7-22(15)17(24)14-9-13(19-20-14)12-4-6-21(3)10-12/h4,6,9-11,15H,5,7-8H2,1-3H3,(H,18,23)(H,19,20). The molecule has 2 aromatic heterocycles. The number of aromatic nitrogens is 3. The fourth-order valence-corrected chi connectivity index (χ4v) is 3.03. The monoisotopic (exact) mass is 329 g/mol. The maximum absolute atomic E-state index is 12.9. The van der Waals surface area contributed by atoms with Crippen LogP contribution in [0.5, 0.6) is 0 Å². The zero-order valence-corrected chi connectivity index (χ0v) is 14.2. The summed E-state index contributed by atoms with van der Waals surface area (Å²) in [5.74, 6) is 0.0760. The molecule has 7 heteroatoms. The highest BCUT2D eigenvalue weighted by molar-refractivity contribution is 5.97. The van der Waals surface area contributed by atoms with Crippen LogP contribution in [0.4, 0.5) is 0 Å². The molecule has 0 saturated carbocycles. The van der Waals surface area contributed by atoms with E-state index in [2.05, 4.69) is 15.5 Å². The van der Waals surface area contributed by atoms with Crippen molar-refractivity contribution in [1.29, 1.82) is 0 Å². The van der Waals surface area contributed by atoms with Crippen molar-refractivity contribution in [2.24, 2.45) is 13.0 Å². The van der Waals surface area contributed by atoms with E-state index in [1.807, 2.05) is 43.9 Å². The molecular formula is C17H23N5O2. The van der Waals surface area contributed by atoms with Crippen LogP contribution in [0, 0.1) is 5.92 Å². The fourth-order valence-electron chi connectivity index (χ4n) is 3.03. The maximum atomic E-state index is 12.9. The minimum Gasteiger partial charge on any atom is -0.357 e. The van der Waals surface area contributed by atoms with Crippen molar-refractivity contribution in [2.75, 3.05) is 13.1 Å². The van der Waals surface area contributed by atoms with E-state index >= 15 is 0 Å². The molecule has 1 fully saturated rings. The Morgan fingerprint density at radius 3 is 2.92 bits per heavy atom. The SMILES string of the molecule is CC(C)CC1C(=O)NCCN1C(=O)c1cc(-c2ccn(C)c2)n[nH]1. The van der Waals surface area contributed by atoms with E-state index in [0.29, 0.717) is 31.1 Å². The van der Waals surface area contributed by atoms with Gasteiger partial charge in [-0.2, -0.15) is 5.10 Å². The Hall–Kier alpha value is -2.57. The number of piperazine rings is 1. The molecule has 1 atom stereocenters. The Morgan fingerprint density at radius 1 is 1.46 bits per heavy atom. The highest BCUT2D eigenvalue weighted by Gasteiger charge is 2.34. The number of H-pyrrole nitrogens is 1. The Morgan fingerprint density at radius 2 is 2.25 bits per heavy atom. The number of hydrogen-bond donors (Lipinski definition) is 2. The number of aryl methyl sites for hydroxylation is 1. The number of amides is 2. The van der Waals surface area contributed by atoms with Crippen LogP contribution in [-0.2, 0) is 11.8 Å². The molecule has 7 nitrogen and oxygen atoms in total. The van der Waals surface area contributed by atoms with Crippen LogP contribution in [0.3, 0.4) is 0 Å². The Balaban J connectivity index is 1.82. The van der Waals surface area contributed by atoms with Crippen molar-refractivity contribution < 1.29 is 9.59 Å². The van der Waals surface area contributed by atoms with Gasteiger partial charge in [0.05, 0.1) is 5.69 Å². The van der Waals surface area contributed by atoms with Crippen molar-refractivity contribution in [3.05, 3.63) is 30.2 Å². The second kappa shape index (κ2) is 6.51. The van der Waals surface area contributed by atoms with Crippen molar-refractivity contribution in [1.82, 2.24) is 25.0 Å². The molecule has 3 rings (SSSR count). The van der Waals surface area contributed by atoms with Gasteiger partial charge in [0, 0.05) is 38.1 Å². The van der Waals surface area contributed by atoms with Crippen LogP contribution in [-0.4, -0.2) is 50.6 Å². The zero-order chi connectivity index (χ0) is 17.3. The third-order valence-electron chi connectivity index (χ3n) is 4.22. The number of nitrogens with zero attached hydrogens (tertiary/aromatic N) is 3. The van der Waals surface area contributed by atoms with Crippen molar-refractivity contribution >= 4 is 11.8 Å². The first-order valence-corrected chi connectivity index (χ1v) is 8.22. The van der Waals surface area contributed by atoms with Crippen LogP contribution < -0.4 is 5.32 Å². The summed E-state index contributed by atoms with van der Waals surface area (Å²) in [7, 11) is 1.94. The fraction of sp³-hybridized carbons (Fsp3) is 0.471. The second-order valence-corrected chi connectivity index (χ2v) is 6.67. The maximum Gasteiger partial charge on any atom is 0.272 e. The summed E-state index contributed by atoms with van der Waals surface area (Å²) in [6.45, 7) is 5.10. The average molecular weight is 329 g/mol. The van der Waals surface area contributed by atoms with Gasteiger partial charge in [-0.25, -0.2) is 0 Å². The number of carbonyl (C=O) groups excluding carboxylic acids is 2. The number of aromatic amines is 1. The molecule has 2 amide bonds. The van der Waals surface area contributed by atoms with E-state index in [9.17, 15) is 9.59 Å². The minimum absolute atomic E-state index is 0.0777. The molecule has 0 aliphatic carbocycles. The van der Waals surface area contributed by atoms with Gasteiger partial charge >= 0.3 is 0 Å². The number of carbonyl (C=O) groups is 2. The molecule has 1 aliphatic heterocycles. The molecule has 0 aromatic carbocycles. The average Bonchev–Trinajstić information content (AvgIpc) is 3.17. The molecule has 2 aromatic rings. The molecule has 1 unspecified atom stereocenters. The summed E-state index contributed by atoms with van der Waals surface area (Å²) >= 11 is 0. The van der Waals surface area contributed by atoms with Gasteiger partial charge in [0.25, 0.3) is 5.91 Å². The Labute approximate surface area is 141 Å². The lowest BCUT2D eigenvalue weighted by Gasteiger charge is -2.35. The summed E-state index contributed by atoms with van der Waals surface area (Å²) in [5, 5.41) is 9.90. The molecule has 1 aliphatic rings. The van der Waals surface area contributed by atoms with Crippen LogP contribution in [0.15, 0.2) is 24.5 Å². The van der Waals surface area contributed by atoms with Crippen LogP contribution >= 0.6 is 0 Å². The first kappa shape index (κ1) is 16.3. The first-order chi connectivity index (χ1) is 11.5. The minimum atomic E-state index is -0.422. The van der Waals surface area contributed by atoms with Crippen molar-refractivity contribution in [2.45, 2.75) is 26.3 Å².